The molecule has 1 amide bonds. The van der Waals surface area contributed by atoms with Gasteiger partial charge in [0.15, 0.2) is 10.9 Å². The number of aryl methyl sites for hydroxylation is 3. The van der Waals surface area contributed by atoms with Crippen LogP contribution < -0.4 is 10.9 Å². The van der Waals surface area contributed by atoms with Gasteiger partial charge in [-0.05, 0) is 55.7 Å². The SMILES string of the molecule is Cc1ccccc1-n1c(SCc2nc(C(=O)NCC(C)C)co2)nc2sc3c(c2c1=O)CCCC3. The molecule has 7 nitrogen and oxygen atoms in total. The molecular weight excluding hydrogens is 480 g/mol. The van der Waals surface area contributed by atoms with Crippen LogP contribution in [-0.4, -0.2) is 27.0 Å². The van der Waals surface area contributed by atoms with E-state index < -0.39 is 0 Å². The molecule has 3 aromatic heterocycles. The summed E-state index contributed by atoms with van der Waals surface area (Å²) in [4.78, 5) is 37.6. The molecule has 0 atom stereocenters. The van der Waals surface area contributed by atoms with Crippen LogP contribution in [0.15, 0.2) is 44.9 Å². The van der Waals surface area contributed by atoms with E-state index in [1.54, 1.807) is 15.9 Å². The van der Waals surface area contributed by atoms with Gasteiger partial charge in [0.2, 0.25) is 5.89 Å². The Labute approximate surface area is 212 Å². The number of nitrogens with one attached hydrogen (secondary N) is 1. The minimum Gasteiger partial charge on any atom is -0.447 e. The normalized spacial score (nSPS) is 13.4. The number of hydrogen-bond donors (Lipinski definition) is 1. The summed E-state index contributed by atoms with van der Waals surface area (Å²) in [5, 5.41) is 4.21. The Morgan fingerprint density at radius 1 is 1.23 bits per heavy atom. The molecule has 182 valence electrons. The maximum Gasteiger partial charge on any atom is 0.273 e. The van der Waals surface area contributed by atoms with Crippen LogP contribution in [0.4, 0.5) is 0 Å². The van der Waals surface area contributed by atoms with Crippen molar-refractivity contribution < 1.29 is 9.21 Å². The molecule has 0 fully saturated rings. The second-order valence-electron chi connectivity index (χ2n) is 9.23. The van der Waals surface area contributed by atoms with Crippen molar-refractivity contribution in [1.82, 2.24) is 19.9 Å². The number of hydrogen-bond acceptors (Lipinski definition) is 7. The van der Waals surface area contributed by atoms with Gasteiger partial charge in [0.25, 0.3) is 11.5 Å². The average molecular weight is 509 g/mol. The van der Waals surface area contributed by atoms with Crippen molar-refractivity contribution in [2.24, 2.45) is 5.92 Å². The molecule has 3 heterocycles. The molecule has 1 aliphatic carbocycles. The van der Waals surface area contributed by atoms with Gasteiger partial charge in [0.05, 0.1) is 16.8 Å². The molecule has 9 heteroatoms. The zero-order valence-corrected chi connectivity index (χ0v) is 21.7. The fourth-order valence-electron chi connectivity index (χ4n) is 4.31. The Balaban J connectivity index is 1.50. The van der Waals surface area contributed by atoms with Crippen LogP contribution in [0, 0.1) is 12.8 Å². The highest BCUT2D eigenvalue weighted by molar-refractivity contribution is 7.98. The van der Waals surface area contributed by atoms with E-state index >= 15 is 0 Å². The molecule has 1 aromatic carbocycles. The third-order valence-electron chi connectivity index (χ3n) is 6.09. The Hall–Kier alpha value is -2.91. The van der Waals surface area contributed by atoms with Crippen LogP contribution in [0.5, 0.6) is 0 Å². The van der Waals surface area contributed by atoms with Crippen molar-refractivity contribution >= 4 is 39.2 Å². The van der Waals surface area contributed by atoms with E-state index in [1.807, 2.05) is 45.0 Å². The fourth-order valence-corrected chi connectivity index (χ4v) is 6.47. The first-order valence-corrected chi connectivity index (χ1v) is 13.7. The molecule has 0 bridgehead atoms. The van der Waals surface area contributed by atoms with E-state index in [0.717, 1.165) is 47.2 Å². The highest BCUT2D eigenvalue weighted by Gasteiger charge is 2.24. The van der Waals surface area contributed by atoms with Crippen LogP contribution in [-0.2, 0) is 18.6 Å². The lowest BCUT2D eigenvalue weighted by atomic mass is 9.97. The zero-order chi connectivity index (χ0) is 24.5. The van der Waals surface area contributed by atoms with Gasteiger partial charge in [-0.3, -0.25) is 14.2 Å². The molecule has 1 aliphatic rings. The second-order valence-corrected chi connectivity index (χ2v) is 11.3. The maximum absolute atomic E-state index is 13.9. The predicted octanol–water partition coefficient (Wildman–Crippen LogP) is 5.30. The number of nitrogens with zero attached hydrogens (tertiary/aromatic N) is 3. The maximum atomic E-state index is 13.9. The summed E-state index contributed by atoms with van der Waals surface area (Å²) < 4.78 is 7.29. The quantitative estimate of drug-likeness (QED) is 0.269. The van der Waals surface area contributed by atoms with E-state index in [4.69, 9.17) is 9.40 Å². The largest absolute Gasteiger partial charge is 0.447 e. The first-order chi connectivity index (χ1) is 16.9. The van der Waals surface area contributed by atoms with E-state index in [9.17, 15) is 9.59 Å². The average Bonchev–Trinajstić information content (AvgIpc) is 3.47. The van der Waals surface area contributed by atoms with Crippen LogP contribution >= 0.6 is 23.1 Å². The summed E-state index contributed by atoms with van der Waals surface area (Å²) in [7, 11) is 0. The number of para-hydroxylation sites is 1. The summed E-state index contributed by atoms with van der Waals surface area (Å²) in [5.74, 6) is 0.870. The number of carbonyl (C=O) groups excluding carboxylic acids is 1. The number of fused-ring (bicyclic) bond motifs is 3. The lowest BCUT2D eigenvalue weighted by Gasteiger charge is -2.15. The zero-order valence-electron chi connectivity index (χ0n) is 20.1. The van der Waals surface area contributed by atoms with Crippen molar-refractivity contribution in [2.75, 3.05) is 6.54 Å². The van der Waals surface area contributed by atoms with Gasteiger partial charge in [0.1, 0.15) is 11.1 Å². The Bertz CT molecular complexity index is 1450. The summed E-state index contributed by atoms with van der Waals surface area (Å²) in [6.45, 7) is 6.65. The highest BCUT2D eigenvalue weighted by Crippen LogP contribution is 2.35. The Morgan fingerprint density at radius 3 is 2.83 bits per heavy atom. The number of amides is 1. The van der Waals surface area contributed by atoms with Crippen molar-refractivity contribution in [1.29, 1.82) is 0 Å². The monoisotopic (exact) mass is 508 g/mol. The number of thioether (sulfide) groups is 1. The molecular formula is C26H28N4O3S2. The number of benzene rings is 1. The van der Waals surface area contributed by atoms with Crippen molar-refractivity contribution in [3.8, 4) is 5.69 Å². The van der Waals surface area contributed by atoms with Gasteiger partial charge in [-0.1, -0.05) is 43.8 Å². The first-order valence-electron chi connectivity index (χ1n) is 11.9. The number of oxazole rings is 1. The van der Waals surface area contributed by atoms with Gasteiger partial charge in [0, 0.05) is 11.4 Å². The van der Waals surface area contributed by atoms with E-state index in [0.29, 0.717) is 29.3 Å². The van der Waals surface area contributed by atoms with Crippen molar-refractivity contribution in [3.05, 3.63) is 68.5 Å². The molecule has 0 saturated carbocycles. The van der Waals surface area contributed by atoms with Gasteiger partial charge in [-0.2, -0.15) is 0 Å². The predicted molar refractivity (Wildman–Crippen MR) is 140 cm³/mol. The number of aromatic nitrogens is 3. The standard InChI is InChI=1S/C26H28N4O3S2/c1-15(2)12-27-23(31)18-13-33-21(28-18)14-34-26-29-24-22(17-9-5-7-11-20(17)35-24)25(32)30(26)19-10-6-4-8-16(19)3/h4,6,8,10,13,15H,5,7,9,11-12,14H2,1-3H3,(H,27,31). The summed E-state index contributed by atoms with van der Waals surface area (Å²) in [6, 6.07) is 7.86. The van der Waals surface area contributed by atoms with E-state index in [-0.39, 0.29) is 17.2 Å². The van der Waals surface area contributed by atoms with Gasteiger partial charge >= 0.3 is 0 Å². The van der Waals surface area contributed by atoms with Gasteiger partial charge in [-0.25, -0.2) is 9.97 Å². The number of thiophene rings is 1. The number of rotatable bonds is 7. The van der Waals surface area contributed by atoms with Crippen LogP contribution in [0.3, 0.4) is 0 Å². The van der Waals surface area contributed by atoms with Crippen molar-refractivity contribution in [3.63, 3.8) is 0 Å². The first kappa shape index (κ1) is 23.8. The summed E-state index contributed by atoms with van der Waals surface area (Å²) >= 11 is 3.04. The molecule has 4 aromatic rings. The summed E-state index contributed by atoms with van der Waals surface area (Å²) in [5.41, 5.74) is 3.24. The Morgan fingerprint density at radius 2 is 2.03 bits per heavy atom. The van der Waals surface area contributed by atoms with Crippen LogP contribution in [0.25, 0.3) is 15.9 Å². The molecule has 5 rings (SSSR count). The minimum atomic E-state index is -0.251. The van der Waals surface area contributed by atoms with Crippen LogP contribution in [0.1, 0.15) is 59.1 Å². The number of carbonyl (C=O) groups is 1. The smallest absolute Gasteiger partial charge is 0.273 e. The molecule has 0 spiro atoms. The lowest BCUT2D eigenvalue weighted by Crippen LogP contribution is -2.27. The molecule has 0 aliphatic heterocycles. The highest BCUT2D eigenvalue weighted by atomic mass is 32.2. The molecule has 35 heavy (non-hydrogen) atoms. The third-order valence-corrected chi connectivity index (χ3v) is 8.20. The van der Waals surface area contributed by atoms with Gasteiger partial charge < -0.3 is 9.73 Å². The Kier molecular flexibility index (Phi) is 6.80. The third kappa shape index (κ3) is 4.79. The minimum absolute atomic E-state index is 0.0210. The molecule has 0 unspecified atom stereocenters. The topological polar surface area (TPSA) is 90.0 Å². The fraction of sp³-hybridized carbons (Fsp3) is 0.385. The lowest BCUT2D eigenvalue weighted by molar-refractivity contribution is 0.0944. The second kappa shape index (κ2) is 9.99. The molecule has 0 radical (unpaired) electrons. The molecule has 1 N–H and O–H groups in total. The summed E-state index contributed by atoms with van der Waals surface area (Å²) in [6.07, 6.45) is 5.59. The van der Waals surface area contributed by atoms with Gasteiger partial charge in [-0.15, -0.1) is 11.3 Å². The van der Waals surface area contributed by atoms with E-state index in [1.165, 1.54) is 28.5 Å². The van der Waals surface area contributed by atoms with Crippen molar-refractivity contribution in [2.45, 2.75) is 57.4 Å². The molecule has 0 saturated heterocycles. The van der Waals surface area contributed by atoms with Crippen LogP contribution in [0.2, 0.25) is 0 Å². The van der Waals surface area contributed by atoms with E-state index in [2.05, 4.69) is 10.3 Å².